The van der Waals surface area contributed by atoms with E-state index in [1.165, 1.54) is 0 Å². The van der Waals surface area contributed by atoms with E-state index in [0.29, 0.717) is 12.1 Å². The van der Waals surface area contributed by atoms with Crippen LogP contribution in [0.2, 0.25) is 0 Å². The molecule has 0 spiro atoms. The first kappa shape index (κ1) is 15.7. The van der Waals surface area contributed by atoms with Gasteiger partial charge in [-0.05, 0) is 11.6 Å². The van der Waals surface area contributed by atoms with Crippen LogP contribution in [-0.4, -0.2) is 24.9 Å². The van der Waals surface area contributed by atoms with Crippen LogP contribution >= 0.6 is 0 Å². The molecule has 0 fully saturated rings. The van der Waals surface area contributed by atoms with Crippen molar-refractivity contribution in [3.8, 4) is 0 Å². The molecule has 0 bridgehead atoms. The molecule has 0 aliphatic carbocycles. The summed E-state index contributed by atoms with van der Waals surface area (Å²) in [5.74, 6) is -3.55. The average Bonchev–Trinajstić information content (AvgIpc) is 2.15. The molecule has 17 heavy (non-hydrogen) atoms. The number of rotatable bonds is 3. The molecule has 1 rings (SSSR count). The minimum Gasteiger partial charge on any atom is -0.545 e. The summed E-state index contributed by atoms with van der Waals surface area (Å²) in [4.78, 5) is 19.9. The Morgan fingerprint density at radius 2 is 1.65 bits per heavy atom. The van der Waals surface area contributed by atoms with E-state index in [-0.39, 0.29) is 19.5 Å². The van der Waals surface area contributed by atoms with Gasteiger partial charge in [-0.3, -0.25) is 4.55 Å². The minimum atomic E-state index is -4.85. The van der Waals surface area contributed by atoms with Crippen molar-refractivity contribution in [2.45, 2.75) is 4.90 Å². The van der Waals surface area contributed by atoms with Crippen molar-refractivity contribution in [2.75, 3.05) is 0 Å². The van der Waals surface area contributed by atoms with E-state index in [9.17, 15) is 28.2 Å². The first-order valence-corrected chi connectivity index (χ1v) is 5.21. The quantitative estimate of drug-likeness (QED) is 0.488. The number of aromatic carboxylic acids is 2. The number of carboxylic acid groups (broad SMARTS) is 2. The average molecular weight is 310 g/mol. The van der Waals surface area contributed by atoms with Crippen LogP contribution in [0.4, 0.5) is 0 Å². The molecule has 0 unspecified atom stereocenters. The number of carboxylic acids is 2. The maximum absolute atomic E-state index is 10.8. The van der Waals surface area contributed by atoms with Crippen molar-refractivity contribution in [1.82, 2.24) is 0 Å². The van der Waals surface area contributed by atoms with Crippen LogP contribution in [0.5, 0.6) is 0 Å². The molecular formula is C8H4O7SZn. The predicted molar refractivity (Wildman–Crippen MR) is 44.9 cm³/mol. The summed E-state index contributed by atoms with van der Waals surface area (Å²) in [7, 11) is -4.85. The van der Waals surface area contributed by atoms with Crippen molar-refractivity contribution in [2.24, 2.45) is 0 Å². The van der Waals surface area contributed by atoms with Crippen molar-refractivity contribution in [1.29, 1.82) is 0 Å². The number of benzene rings is 1. The summed E-state index contributed by atoms with van der Waals surface area (Å²) in [6.07, 6.45) is 0. The Morgan fingerprint density at radius 1 is 1.12 bits per heavy atom. The smallest absolute Gasteiger partial charge is 0.545 e. The second kappa shape index (κ2) is 5.35. The Hall–Kier alpha value is -1.31. The van der Waals surface area contributed by atoms with Gasteiger partial charge in [-0.15, -0.1) is 0 Å². The zero-order valence-corrected chi connectivity index (χ0v) is 12.0. The maximum Gasteiger partial charge on any atom is 2.00 e. The molecule has 86 valence electrons. The monoisotopic (exact) mass is 308 g/mol. The van der Waals surface area contributed by atoms with E-state index in [1.807, 2.05) is 0 Å². The number of hydrogen-bond acceptors (Lipinski definition) is 6. The summed E-state index contributed by atoms with van der Waals surface area (Å²) in [5, 5.41) is 20.9. The zero-order valence-electron chi connectivity index (χ0n) is 8.24. The first-order chi connectivity index (χ1) is 7.23. The second-order valence-corrected chi connectivity index (χ2v) is 4.15. The van der Waals surface area contributed by atoms with E-state index in [4.69, 9.17) is 4.55 Å². The summed E-state index contributed by atoms with van der Waals surface area (Å²) in [6.45, 7) is 0. The Labute approximate surface area is 109 Å². The number of carbonyl (C=O) groups excluding carboxylic acids is 2. The maximum atomic E-state index is 10.8. The Morgan fingerprint density at radius 3 is 2.00 bits per heavy atom. The van der Waals surface area contributed by atoms with Crippen molar-refractivity contribution in [3.05, 3.63) is 29.3 Å². The zero-order chi connectivity index (χ0) is 12.5. The summed E-state index contributed by atoms with van der Waals surface area (Å²) < 4.78 is 30.3. The summed E-state index contributed by atoms with van der Waals surface area (Å²) >= 11 is 0. The van der Waals surface area contributed by atoms with Gasteiger partial charge in [0.15, 0.2) is 0 Å². The molecule has 0 aliphatic heterocycles. The van der Waals surface area contributed by atoms with E-state index in [0.717, 1.165) is 6.07 Å². The van der Waals surface area contributed by atoms with Crippen LogP contribution in [0.1, 0.15) is 20.7 Å². The van der Waals surface area contributed by atoms with Gasteiger partial charge in [0.2, 0.25) is 0 Å². The van der Waals surface area contributed by atoms with Gasteiger partial charge in [-0.2, -0.15) is 8.42 Å². The van der Waals surface area contributed by atoms with Gasteiger partial charge in [-0.25, -0.2) is 0 Å². The van der Waals surface area contributed by atoms with Gasteiger partial charge in [0.25, 0.3) is 10.1 Å². The molecule has 0 atom stereocenters. The van der Waals surface area contributed by atoms with Gasteiger partial charge in [-0.1, -0.05) is 12.1 Å². The van der Waals surface area contributed by atoms with Crippen LogP contribution in [0, 0.1) is 0 Å². The molecule has 0 amide bonds. The van der Waals surface area contributed by atoms with Crippen LogP contribution < -0.4 is 10.2 Å². The third kappa shape index (κ3) is 3.59. The molecule has 9 heteroatoms. The van der Waals surface area contributed by atoms with Crippen LogP contribution in [0.3, 0.4) is 0 Å². The van der Waals surface area contributed by atoms with Crippen molar-refractivity contribution >= 4 is 22.1 Å². The fourth-order valence-corrected chi connectivity index (χ4v) is 1.74. The molecule has 0 saturated carbocycles. The number of hydrogen-bond donors (Lipinski definition) is 1. The molecule has 0 aliphatic rings. The second-order valence-electron chi connectivity index (χ2n) is 2.76. The first-order valence-electron chi connectivity index (χ1n) is 3.77. The van der Waals surface area contributed by atoms with Gasteiger partial charge in [0, 0.05) is 5.56 Å². The molecule has 0 heterocycles. The fraction of sp³-hybridized carbons (Fsp3) is 0. The van der Waals surface area contributed by atoms with Gasteiger partial charge < -0.3 is 19.8 Å². The van der Waals surface area contributed by atoms with E-state index in [1.54, 1.807) is 0 Å². The molecule has 1 aromatic carbocycles. The molecule has 1 aromatic rings. The van der Waals surface area contributed by atoms with Gasteiger partial charge in [0.1, 0.15) is 4.90 Å². The van der Waals surface area contributed by atoms with E-state index < -0.39 is 38.1 Å². The normalized spacial score (nSPS) is 10.4. The van der Waals surface area contributed by atoms with Crippen LogP contribution in [0.15, 0.2) is 23.1 Å². The summed E-state index contributed by atoms with van der Waals surface area (Å²) in [5.41, 5.74) is -1.40. The van der Waals surface area contributed by atoms with Crippen LogP contribution in [-0.2, 0) is 29.6 Å². The van der Waals surface area contributed by atoms with Crippen molar-refractivity contribution < 1.29 is 52.3 Å². The topological polar surface area (TPSA) is 135 Å². The molecule has 0 aromatic heterocycles. The third-order valence-corrected chi connectivity index (χ3v) is 2.61. The van der Waals surface area contributed by atoms with Crippen LogP contribution in [0.25, 0.3) is 0 Å². The molecule has 0 saturated heterocycles. The Kier molecular flexibility index (Phi) is 4.94. The van der Waals surface area contributed by atoms with E-state index >= 15 is 0 Å². The van der Waals surface area contributed by atoms with Gasteiger partial charge >= 0.3 is 19.5 Å². The minimum absolute atomic E-state index is 0. The summed E-state index contributed by atoms with van der Waals surface area (Å²) in [6, 6.07) is 2.01. The molecule has 1 N–H and O–H groups in total. The largest absolute Gasteiger partial charge is 2.00 e. The van der Waals surface area contributed by atoms with Crippen molar-refractivity contribution in [3.63, 3.8) is 0 Å². The SMILES string of the molecule is O=C([O-])c1ccc(C(=O)[O-])c(S(=O)(=O)O)c1.[Zn+2]. The fourth-order valence-electron chi connectivity index (χ4n) is 1.03. The molecule has 7 nitrogen and oxygen atoms in total. The third-order valence-electron chi connectivity index (χ3n) is 1.72. The Bertz CT molecular complexity index is 563. The predicted octanol–water partition coefficient (Wildman–Crippen LogP) is -2.34. The van der Waals surface area contributed by atoms with E-state index in [2.05, 4.69) is 0 Å². The Balaban J connectivity index is 0.00000256. The number of carbonyl (C=O) groups is 2. The molecule has 0 radical (unpaired) electrons. The standard InChI is InChI=1S/C8H6O7S.Zn/c9-7(10)4-1-2-5(8(11)12)6(3-4)16(13,14)15;/h1-3H,(H,9,10)(H,11,12)(H,13,14,15);/q;+2/p-2. The molecular weight excluding hydrogens is 306 g/mol. The van der Waals surface area contributed by atoms with Gasteiger partial charge in [0.05, 0.1) is 11.9 Å².